The molecule has 1 unspecified atom stereocenters. The number of fused-ring (bicyclic) bond motifs is 1. The van der Waals surface area contributed by atoms with Crippen molar-refractivity contribution in [2.45, 2.75) is 31.5 Å². The number of anilines is 1. The lowest BCUT2D eigenvalue weighted by Gasteiger charge is -2.17. The fraction of sp³-hybridized carbons (Fsp3) is 0.467. The Hall–Kier alpha value is -2.48. The van der Waals surface area contributed by atoms with Gasteiger partial charge in [0.1, 0.15) is 11.8 Å². The lowest BCUT2D eigenvalue weighted by Crippen LogP contribution is -2.28. The Labute approximate surface area is 133 Å². The highest BCUT2D eigenvalue weighted by molar-refractivity contribution is 5.82. The average Bonchev–Trinajstić information content (AvgIpc) is 3.24. The summed E-state index contributed by atoms with van der Waals surface area (Å²) < 4.78 is 3.77. The van der Waals surface area contributed by atoms with Gasteiger partial charge in [-0.05, 0) is 24.8 Å². The Morgan fingerprint density at radius 3 is 3.04 bits per heavy atom. The summed E-state index contributed by atoms with van der Waals surface area (Å²) in [4.78, 5) is 12.9. The van der Waals surface area contributed by atoms with Gasteiger partial charge in [-0.3, -0.25) is 4.68 Å². The quantitative estimate of drug-likeness (QED) is 0.740. The Bertz CT molecular complexity index is 797. The van der Waals surface area contributed by atoms with Crippen molar-refractivity contribution >= 4 is 17.0 Å². The van der Waals surface area contributed by atoms with Gasteiger partial charge in [-0.1, -0.05) is 0 Å². The molecule has 0 aromatic carbocycles. The van der Waals surface area contributed by atoms with Crippen LogP contribution in [0.1, 0.15) is 12.8 Å². The first kappa shape index (κ1) is 14.1. The number of hydrogen-bond donors (Lipinski definition) is 2. The standard InChI is InChI=1S/C15H19N7O/c1-21-9-18-13-14(16-8-17-15(13)21)20-11-5-10(6-12(11)23)7-22-4-2-3-19-22/h2-4,8-12,23H,5-7H2,1H3,(H,16,17,20)/t10?,11-,12-/m1/s1. The highest BCUT2D eigenvalue weighted by Gasteiger charge is 2.33. The predicted octanol–water partition coefficient (Wildman–Crippen LogP) is 0.811. The summed E-state index contributed by atoms with van der Waals surface area (Å²) in [6.45, 7) is 0.824. The first-order valence-electron chi connectivity index (χ1n) is 7.75. The molecular weight excluding hydrogens is 294 g/mol. The fourth-order valence-electron chi connectivity index (χ4n) is 3.32. The summed E-state index contributed by atoms with van der Waals surface area (Å²) in [5.41, 5.74) is 1.51. The van der Waals surface area contributed by atoms with E-state index < -0.39 is 6.10 Å². The molecule has 1 aliphatic carbocycles. The van der Waals surface area contributed by atoms with Crippen molar-refractivity contribution in [1.29, 1.82) is 0 Å². The zero-order chi connectivity index (χ0) is 15.8. The van der Waals surface area contributed by atoms with Crippen LogP contribution in [0, 0.1) is 5.92 Å². The van der Waals surface area contributed by atoms with Gasteiger partial charge in [-0.25, -0.2) is 15.0 Å². The van der Waals surface area contributed by atoms with Crippen molar-refractivity contribution < 1.29 is 5.11 Å². The molecule has 3 aromatic rings. The second-order valence-corrected chi connectivity index (χ2v) is 6.13. The number of rotatable bonds is 4. The van der Waals surface area contributed by atoms with E-state index in [4.69, 9.17) is 0 Å². The van der Waals surface area contributed by atoms with Crippen molar-refractivity contribution in [3.05, 3.63) is 31.1 Å². The molecule has 1 aliphatic rings. The Morgan fingerprint density at radius 2 is 2.22 bits per heavy atom. The SMILES string of the molecule is Cn1cnc2c(N[C@@H]3CC(Cn4cccn4)C[C@H]3O)ncnc21. The van der Waals surface area contributed by atoms with E-state index in [-0.39, 0.29) is 6.04 Å². The molecule has 0 aliphatic heterocycles. The van der Waals surface area contributed by atoms with Crippen molar-refractivity contribution in [3.8, 4) is 0 Å². The average molecular weight is 313 g/mol. The van der Waals surface area contributed by atoms with E-state index in [1.165, 1.54) is 6.33 Å². The van der Waals surface area contributed by atoms with Crippen molar-refractivity contribution in [3.63, 3.8) is 0 Å². The molecule has 4 rings (SSSR count). The molecule has 2 N–H and O–H groups in total. The highest BCUT2D eigenvalue weighted by Crippen LogP contribution is 2.30. The van der Waals surface area contributed by atoms with Crippen LogP contribution in [0.3, 0.4) is 0 Å². The highest BCUT2D eigenvalue weighted by atomic mass is 16.3. The number of imidazole rings is 1. The molecule has 120 valence electrons. The molecular formula is C15H19N7O. The van der Waals surface area contributed by atoms with E-state index in [1.807, 2.05) is 28.6 Å². The van der Waals surface area contributed by atoms with Crippen LogP contribution >= 0.6 is 0 Å². The van der Waals surface area contributed by atoms with Crippen molar-refractivity contribution in [2.24, 2.45) is 13.0 Å². The van der Waals surface area contributed by atoms with Crippen LogP contribution in [0.4, 0.5) is 5.82 Å². The molecule has 8 nitrogen and oxygen atoms in total. The molecule has 0 radical (unpaired) electrons. The molecule has 0 bridgehead atoms. The zero-order valence-corrected chi connectivity index (χ0v) is 12.9. The third kappa shape index (κ3) is 2.65. The first-order valence-corrected chi connectivity index (χ1v) is 7.75. The van der Waals surface area contributed by atoms with Crippen LogP contribution in [0.15, 0.2) is 31.1 Å². The lowest BCUT2D eigenvalue weighted by atomic mass is 10.1. The number of aliphatic hydroxyl groups is 1. The Balaban J connectivity index is 1.50. The number of aliphatic hydroxyl groups excluding tert-OH is 1. The molecule has 3 heterocycles. The summed E-state index contributed by atoms with van der Waals surface area (Å²) in [5, 5.41) is 18.0. The summed E-state index contributed by atoms with van der Waals surface area (Å²) in [6.07, 6.45) is 8.21. The van der Waals surface area contributed by atoms with E-state index in [0.717, 1.165) is 30.6 Å². The Morgan fingerprint density at radius 1 is 1.30 bits per heavy atom. The molecule has 8 heteroatoms. The first-order chi connectivity index (χ1) is 11.2. The van der Waals surface area contributed by atoms with Gasteiger partial charge in [0.25, 0.3) is 0 Å². The van der Waals surface area contributed by atoms with Crippen LogP contribution in [-0.2, 0) is 13.6 Å². The van der Waals surface area contributed by atoms with Crippen LogP contribution in [0.5, 0.6) is 0 Å². The van der Waals surface area contributed by atoms with E-state index in [1.54, 1.807) is 12.5 Å². The normalized spacial score (nSPS) is 24.3. The number of nitrogens with one attached hydrogen (secondary N) is 1. The van der Waals surface area contributed by atoms with Crippen molar-refractivity contribution in [1.82, 2.24) is 29.3 Å². The third-order valence-corrected chi connectivity index (χ3v) is 4.45. The van der Waals surface area contributed by atoms with E-state index in [0.29, 0.717) is 11.7 Å². The van der Waals surface area contributed by atoms with E-state index in [9.17, 15) is 5.11 Å². The summed E-state index contributed by atoms with van der Waals surface area (Å²) in [6, 6.07) is 1.88. The lowest BCUT2D eigenvalue weighted by molar-refractivity contribution is 0.166. The molecule has 3 aromatic heterocycles. The second-order valence-electron chi connectivity index (χ2n) is 6.13. The molecule has 1 saturated carbocycles. The molecule has 0 amide bonds. The van der Waals surface area contributed by atoms with Gasteiger partial charge in [-0.2, -0.15) is 5.10 Å². The van der Waals surface area contributed by atoms with Gasteiger partial charge in [0, 0.05) is 26.0 Å². The van der Waals surface area contributed by atoms with Gasteiger partial charge >= 0.3 is 0 Å². The van der Waals surface area contributed by atoms with E-state index in [2.05, 4.69) is 25.4 Å². The maximum Gasteiger partial charge on any atom is 0.165 e. The summed E-state index contributed by atoms with van der Waals surface area (Å²) in [5.74, 6) is 1.07. The molecule has 23 heavy (non-hydrogen) atoms. The predicted molar refractivity (Wildman–Crippen MR) is 84.7 cm³/mol. The Kier molecular flexibility index (Phi) is 3.45. The van der Waals surface area contributed by atoms with Crippen molar-refractivity contribution in [2.75, 3.05) is 5.32 Å². The zero-order valence-electron chi connectivity index (χ0n) is 12.9. The van der Waals surface area contributed by atoms with Gasteiger partial charge in [0.05, 0.1) is 18.5 Å². The number of hydrogen-bond acceptors (Lipinski definition) is 6. The molecule has 3 atom stereocenters. The minimum Gasteiger partial charge on any atom is -0.391 e. The maximum absolute atomic E-state index is 10.4. The van der Waals surface area contributed by atoms with Gasteiger partial charge in [-0.15, -0.1) is 0 Å². The van der Waals surface area contributed by atoms with Gasteiger partial charge in [0.15, 0.2) is 11.5 Å². The van der Waals surface area contributed by atoms with Crippen LogP contribution in [-0.4, -0.2) is 46.6 Å². The van der Waals surface area contributed by atoms with Gasteiger partial charge in [0.2, 0.25) is 0 Å². The topological polar surface area (TPSA) is 93.7 Å². The molecule has 0 saturated heterocycles. The van der Waals surface area contributed by atoms with E-state index >= 15 is 0 Å². The maximum atomic E-state index is 10.4. The number of aryl methyl sites for hydroxylation is 1. The number of aromatic nitrogens is 6. The van der Waals surface area contributed by atoms with Crippen LogP contribution in [0.2, 0.25) is 0 Å². The largest absolute Gasteiger partial charge is 0.391 e. The molecule has 1 fully saturated rings. The number of nitrogens with zero attached hydrogens (tertiary/aromatic N) is 6. The summed E-state index contributed by atoms with van der Waals surface area (Å²) in [7, 11) is 1.90. The molecule has 0 spiro atoms. The van der Waals surface area contributed by atoms with Crippen LogP contribution < -0.4 is 5.32 Å². The minimum absolute atomic E-state index is 0.0318. The second kappa shape index (κ2) is 5.62. The summed E-state index contributed by atoms with van der Waals surface area (Å²) >= 11 is 0. The monoisotopic (exact) mass is 313 g/mol. The van der Waals surface area contributed by atoms with Gasteiger partial charge < -0.3 is 15.0 Å². The fourth-order valence-corrected chi connectivity index (χ4v) is 3.32. The minimum atomic E-state index is -0.399. The smallest absolute Gasteiger partial charge is 0.165 e. The third-order valence-electron chi connectivity index (χ3n) is 4.45. The van der Waals surface area contributed by atoms with Crippen LogP contribution in [0.25, 0.3) is 11.2 Å².